The van der Waals surface area contributed by atoms with E-state index >= 15 is 0 Å². The molecule has 6 rings (SSSR count). The minimum absolute atomic E-state index is 0.0161. The third kappa shape index (κ3) is 3.41. The van der Waals surface area contributed by atoms with Gasteiger partial charge in [-0.15, -0.1) is 5.10 Å². The Kier molecular flexibility index (Phi) is 4.43. The zero-order valence-corrected chi connectivity index (χ0v) is 17.2. The number of nitrogens with one attached hydrogen (secondary N) is 1. The van der Waals surface area contributed by atoms with Gasteiger partial charge in [0.25, 0.3) is 11.8 Å². The molecule has 3 aromatic heterocycles. The molecule has 7 nitrogen and oxygen atoms in total. The van der Waals surface area contributed by atoms with Gasteiger partial charge < -0.3 is 8.83 Å². The van der Waals surface area contributed by atoms with Crippen molar-refractivity contribution in [1.82, 2.24) is 15.2 Å². The van der Waals surface area contributed by atoms with E-state index in [0.29, 0.717) is 17.0 Å². The van der Waals surface area contributed by atoms with Crippen LogP contribution in [0.15, 0.2) is 100 Å². The first kappa shape index (κ1) is 18.9. The number of anilines is 1. The molecule has 0 saturated heterocycles. The molecular weight excluding hydrogens is 416 g/mol. The number of furan rings is 1. The van der Waals surface area contributed by atoms with Gasteiger partial charge in [-0.25, -0.2) is 4.98 Å². The van der Waals surface area contributed by atoms with E-state index in [4.69, 9.17) is 13.8 Å². The first-order valence-electron chi connectivity index (χ1n) is 10.3. The predicted octanol–water partition coefficient (Wildman–Crippen LogP) is 5.95. The molecule has 0 radical (unpaired) electrons. The van der Waals surface area contributed by atoms with E-state index in [-0.39, 0.29) is 17.8 Å². The Bertz CT molecular complexity index is 1620. The van der Waals surface area contributed by atoms with Crippen LogP contribution in [0.3, 0.4) is 0 Å². The lowest BCUT2D eigenvalue weighted by Gasteiger charge is -2.09. The molecule has 0 spiro atoms. The average molecular weight is 432 g/mol. The molecule has 0 atom stereocenters. The second-order valence-corrected chi connectivity index (χ2v) is 7.46. The van der Waals surface area contributed by atoms with Crippen LogP contribution in [-0.2, 0) is 0 Å². The Morgan fingerprint density at radius 2 is 1.58 bits per heavy atom. The molecule has 1 N–H and O–H groups in total. The molecule has 0 aliphatic rings. The van der Waals surface area contributed by atoms with Gasteiger partial charge in [0.1, 0.15) is 0 Å². The number of carbonyl (C=O) groups is 1. The lowest BCUT2D eigenvalue weighted by atomic mass is 10.0. The smallest absolute Gasteiger partial charge is 0.322 e. The van der Waals surface area contributed by atoms with E-state index in [9.17, 15) is 4.79 Å². The second kappa shape index (κ2) is 7.72. The molecule has 3 heterocycles. The van der Waals surface area contributed by atoms with Gasteiger partial charge in [-0.1, -0.05) is 77.9 Å². The van der Waals surface area contributed by atoms with Crippen LogP contribution in [0.1, 0.15) is 10.4 Å². The van der Waals surface area contributed by atoms with Gasteiger partial charge in [0.05, 0.1) is 23.0 Å². The number of hydrogen-bond acceptors (Lipinski definition) is 6. The zero-order valence-electron chi connectivity index (χ0n) is 17.2. The minimum atomic E-state index is -0.370. The van der Waals surface area contributed by atoms with Crippen molar-refractivity contribution in [2.45, 2.75) is 0 Å². The number of fused-ring (bicyclic) bond motifs is 2. The maximum absolute atomic E-state index is 13.2. The molecule has 0 aliphatic heterocycles. The van der Waals surface area contributed by atoms with Crippen molar-refractivity contribution in [3.63, 3.8) is 0 Å². The number of amides is 1. The lowest BCUT2D eigenvalue weighted by molar-refractivity contribution is 0.102. The van der Waals surface area contributed by atoms with Gasteiger partial charge in [-0.3, -0.25) is 10.1 Å². The number of rotatable bonds is 4. The van der Waals surface area contributed by atoms with E-state index in [1.807, 2.05) is 78.9 Å². The fourth-order valence-electron chi connectivity index (χ4n) is 3.81. The summed E-state index contributed by atoms with van der Waals surface area (Å²) in [5.74, 6) is 0.278. The van der Waals surface area contributed by atoms with E-state index in [1.54, 1.807) is 12.3 Å². The number of benzene rings is 3. The second-order valence-electron chi connectivity index (χ2n) is 7.46. The van der Waals surface area contributed by atoms with Gasteiger partial charge >= 0.3 is 6.01 Å². The van der Waals surface area contributed by atoms with E-state index in [1.165, 1.54) is 0 Å². The fourth-order valence-corrected chi connectivity index (χ4v) is 3.81. The van der Waals surface area contributed by atoms with Crippen molar-refractivity contribution >= 4 is 33.6 Å². The van der Waals surface area contributed by atoms with Crippen LogP contribution >= 0.6 is 0 Å². The number of pyridine rings is 1. The number of carbonyl (C=O) groups excluding carboxylic acids is 1. The molecule has 0 bridgehead atoms. The van der Waals surface area contributed by atoms with E-state index in [2.05, 4.69) is 15.5 Å². The van der Waals surface area contributed by atoms with Crippen molar-refractivity contribution in [2.75, 3.05) is 5.32 Å². The van der Waals surface area contributed by atoms with Crippen LogP contribution in [-0.4, -0.2) is 21.1 Å². The van der Waals surface area contributed by atoms with Crippen LogP contribution in [0, 0.1) is 0 Å². The van der Waals surface area contributed by atoms with Crippen LogP contribution < -0.4 is 5.32 Å². The maximum Gasteiger partial charge on any atom is 0.322 e. The molecular formula is C26H16N4O3. The molecule has 3 aromatic carbocycles. The predicted molar refractivity (Wildman–Crippen MR) is 125 cm³/mol. The van der Waals surface area contributed by atoms with Crippen molar-refractivity contribution in [3.8, 4) is 22.9 Å². The van der Waals surface area contributed by atoms with Crippen molar-refractivity contribution in [2.24, 2.45) is 0 Å². The topological polar surface area (TPSA) is 94.1 Å². The van der Waals surface area contributed by atoms with Gasteiger partial charge in [-0.2, -0.15) is 0 Å². The number of para-hydroxylation sites is 1. The Balaban J connectivity index is 1.36. The van der Waals surface area contributed by atoms with Crippen LogP contribution in [0.25, 0.3) is 44.6 Å². The Morgan fingerprint density at radius 1 is 0.818 bits per heavy atom. The van der Waals surface area contributed by atoms with E-state index in [0.717, 1.165) is 27.2 Å². The summed E-state index contributed by atoms with van der Waals surface area (Å²) in [5, 5.41) is 13.2. The van der Waals surface area contributed by atoms with Crippen molar-refractivity contribution < 1.29 is 13.6 Å². The summed E-state index contributed by atoms with van der Waals surface area (Å²) < 4.78 is 11.3. The summed E-state index contributed by atoms with van der Waals surface area (Å²) in [6.07, 6.45) is 1.63. The third-order valence-electron chi connectivity index (χ3n) is 5.38. The van der Waals surface area contributed by atoms with Crippen LogP contribution in [0.5, 0.6) is 0 Å². The summed E-state index contributed by atoms with van der Waals surface area (Å²) >= 11 is 0. The molecule has 0 fully saturated rings. The van der Waals surface area contributed by atoms with E-state index < -0.39 is 0 Å². The minimum Gasteiger partial charge on any atom is -0.458 e. The molecule has 158 valence electrons. The van der Waals surface area contributed by atoms with Crippen LogP contribution in [0.2, 0.25) is 0 Å². The average Bonchev–Trinajstić information content (AvgIpc) is 3.50. The highest BCUT2D eigenvalue weighted by molar-refractivity contribution is 6.12. The van der Waals surface area contributed by atoms with Gasteiger partial charge in [-0.05, 0) is 12.1 Å². The molecule has 7 heteroatoms. The summed E-state index contributed by atoms with van der Waals surface area (Å²) in [4.78, 5) is 17.9. The normalized spacial score (nSPS) is 11.2. The molecule has 0 saturated carbocycles. The molecule has 1 amide bonds. The molecule has 0 unspecified atom stereocenters. The largest absolute Gasteiger partial charge is 0.458 e. The van der Waals surface area contributed by atoms with Gasteiger partial charge in [0.15, 0.2) is 5.76 Å². The van der Waals surface area contributed by atoms with Crippen LogP contribution in [0.4, 0.5) is 6.01 Å². The fraction of sp³-hybridized carbons (Fsp3) is 0. The highest BCUT2D eigenvalue weighted by atomic mass is 16.4. The summed E-state index contributed by atoms with van der Waals surface area (Å²) in [5.41, 5.74) is 2.80. The Morgan fingerprint density at radius 3 is 2.45 bits per heavy atom. The zero-order chi connectivity index (χ0) is 22.2. The quantitative estimate of drug-likeness (QED) is 0.370. The molecule has 6 aromatic rings. The SMILES string of the molecule is O=C(Nc1nnc(-c2occ3ccccc23)o1)c1cc(-c2ccccc2)nc2ccccc12. The highest BCUT2D eigenvalue weighted by Gasteiger charge is 2.19. The summed E-state index contributed by atoms with van der Waals surface area (Å²) in [7, 11) is 0. The Labute approximate surface area is 187 Å². The Hall–Kier alpha value is -4.78. The highest BCUT2D eigenvalue weighted by Crippen LogP contribution is 2.31. The van der Waals surface area contributed by atoms with Gasteiger partial charge in [0.2, 0.25) is 0 Å². The molecule has 0 aliphatic carbocycles. The summed E-state index contributed by atoms with van der Waals surface area (Å²) in [6.45, 7) is 0. The number of aromatic nitrogens is 3. The standard InChI is InChI=1S/C26H16N4O3/c31-24(28-26-30-29-25(33-26)23-18-11-5-4-10-17(18)15-32-23)20-14-22(16-8-2-1-3-9-16)27-21-13-7-6-12-19(20)21/h1-15H,(H,28,30,31). The lowest BCUT2D eigenvalue weighted by Crippen LogP contribution is -2.13. The molecule has 33 heavy (non-hydrogen) atoms. The van der Waals surface area contributed by atoms with Crippen molar-refractivity contribution in [1.29, 1.82) is 0 Å². The number of hydrogen-bond donors (Lipinski definition) is 1. The first-order valence-corrected chi connectivity index (χ1v) is 10.3. The maximum atomic E-state index is 13.2. The third-order valence-corrected chi connectivity index (χ3v) is 5.38. The first-order chi connectivity index (χ1) is 16.3. The number of nitrogens with zero attached hydrogens (tertiary/aromatic N) is 3. The van der Waals surface area contributed by atoms with Gasteiger partial charge in [0, 0.05) is 21.7 Å². The van der Waals surface area contributed by atoms with Crippen molar-refractivity contribution in [3.05, 3.63) is 96.8 Å². The summed E-state index contributed by atoms with van der Waals surface area (Å²) in [6, 6.07) is 26.6. The monoisotopic (exact) mass is 432 g/mol.